The molecule has 0 aliphatic carbocycles. The summed E-state index contributed by atoms with van der Waals surface area (Å²) in [6, 6.07) is 11.5. The van der Waals surface area contributed by atoms with E-state index in [1.165, 1.54) is 34.5 Å². The van der Waals surface area contributed by atoms with Crippen LogP contribution in [0.25, 0.3) is 0 Å². The first kappa shape index (κ1) is 23.2. The Kier molecular flexibility index (Phi) is 7.68. The first-order valence-corrected chi connectivity index (χ1v) is 11.1. The standard InChI is InChI=1S/C21H27ClN2O4S/c1-6-28-17-9-7-16(8-10-17)14-23(4)21(25)19-13-18(11-12-20(19)22)29(26,27)24(5)15(2)3/h7-13,15H,6,14H2,1-5H3. The van der Waals surface area contributed by atoms with E-state index in [1.54, 1.807) is 20.9 Å². The smallest absolute Gasteiger partial charge is 0.255 e. The topological polar surface area (TPSA) is 66.9 Å². The van der Waals surface area contributed by atoms with E-state index in [1.807, 2.05) is 31.2 Å². The lowest BCUT2D eigenvalue weighted by atomic mass is 10.1. The lowest BCUT2D eigenvalue weighted by molar-refractivity contribution is 0.0785. The summed E-state index contributed by atoms with van der Waals surface area (Å²) in [6.45, 7) is 6.41. The number of carbonyl (C=O) groups excluding carboxylic acids is 1. The maximum Gasteiger partial charge on any atom is 0.255 e. The summed E-state index contributed by atoms with van der Waals surface area (Å²) in [5.41, 5.74) is 1.07. The lowest BCUT2D eigenvalue weighted by Gasteiger charge is -2.22. The van der Waals surface area contributed by atoms with Crippen molar-refractivity contribution in [3.8, 4) is 5.75 Å². The van der Waals surface area contributed by atoms with Gasteiger partial charge in [0.15, 0.2) is 0 Å². The van der Waals surface area contributed by atoms with E-state index in [4.69, 9.17) is 16.3 Å². The van der Waals surface area contributed by atoms with Gasteiger partial charge in [-0.1, -0.05) is 23.7 Å². The number of sulfonamides is 1. The van der Waals surface area contributed by atoms with Crippen LogP contribution < -0.4 is 4.74 Å². The number of nitrogens with zero attached hydrogens (tertiary/aromatic N) is 2. The fourth-order valence-corrected chi connectivity index (χ4v) is 4.27. The highest BCUT2D eigenvalue weighted by atomic mass is 35.5. The second-order valence-electron chi connectivity index (χ2n) is 6.99. The van der Waals surface area contributed by atoms with Crippen molar-refractivity contribution in [2.75, 3.05) is 20.7 Å². The Balaban J connectivity index is 2.25. The largest absolute Gasteiger partial charge is 0.494 e. The molecule has 0 aliphatic rings. The third-order valence-corrected chi connectivity index (χ3v) is 6.93. The molecule has 0 spiro atoms. The van der Waals surface area contributed by atoms with E-state index in [-0.39, 0.29) is 27.4 Å². The lowest BCUT2D eigenvalue weighted by Crippen LogP contribution is -2.33. The van der Waals surface area contributed by atoms with E-state index in [2.05, 4.69) is 0 Å². The molecule has 0 aromatic heterocycles. The Morgan fingerprint density at radius 2 is 1.72 bits per heavy atom. The molecule has 0 heterocycles. The van der Waals surface area contributed by atoms with Crippen LogP contribution in [0.4, 0.5) is 0 Å². The van der Waals surface area contributed by atoms with E-state index < -0.39 is 10.0 Å². The van der Waals surface area contributed by atoms with Gasteiger partial charge in [-0.2, -0.15) is 4.31 Å². The van der Waals surface area contributed by atoms with Crippen LogP contribution in [0.5, 0.6) is 5.75 Å². The molecular formula is C21H27ClN2O4S. The summed E-state index contributed by atoms with van der Waals surface area (Å²) in [7, 11) is -0.558. The number of amides is 1. The molecule has 2 aromatic rings. The molecule has 158 valence electrons. The van der Waals surface area contributed by atoms with Crippen LogP contribution in [0.2, 0.25) is 5.02 Å². The molecule has 2 aromatic carbocycles. The average molecular weight is 439 g/mol. The second-order valence-corrected chi connectivity index (χ2v) is 9.40. The van der Waals surface area contributed by atoms with Crippen LogP contribution in [0.1, 0.15) is 36.7 Å². The van der Waals surface area contributed by atoms with E-state index >= 15 is 0 Å². The van der Waals surface area contributed by atoms with Crippen molar-refractivity contribution < 1.29 is 17.9 Å². The second kappa shape index (κ2) is 9.61. The summed E-state index contributed by atoms with van der Waals surface area (Å²) in [4.78, 5) is 14.5. The van der Waals surface area contributed by atoms with Gasteiger partial charge in [0.1, 0.15) is 5.75 Å². The number of ether oxygens (including phenoxy) is 1. The molecule has 1 amide bonds. The highest BCUT2D eigenvalue weighted by molar-refractivity contribution is 7.89. The summed E-state index contributed by atoms with van der Waals surface area (Å²) < 4.78 is 32.2. The third kappa shape index (κ3) is 5.50. The molecular weight excluding hydrogens is 412 g/mol. The van der Waals surface area contributed by atoms with E-state index in [9.17, 15) is 13.2 Å². The highest BCUT2D eigenvalue weighted by Gasteiger charge is 2.25. The van der Waals surface area contributed by atoms with Gasteiger partial charge in [-0.3, -0.25) is 4.79 Å². The maximum absolute atomic E-state index is 12.9. The zero-order chi connectivity index (χ0) is 21.8. The molecule has 0 saturated carbocycles. The Labute approximate surface area is 178 Å². The Hall–Kier alpha value is -2.09. The van der Waals surface area contributed by atoms with Crippen molar-refractivity contribution >= 4 is 27.5 Å². The van der Waals surface area contributed by atoms with E-state index in [0.717, 1.165) is 11.3 Å². The van der Waals surface area contributed by atoms with Gasteiger partial charge in [-0.05, 0) is 56.7 Å². The van der Waals surface area contributed by atoms with Gasteiger partial charge in [0.05, 0.1) is 22.1 Å². The molecule has 2 rings (SSSR count). The normalized spacial score (nSPS) is 11.7. The van der Waals surface area contributed by atoms with Gasteiger partial charge < -0.3 is 9.64 Å². The predicted molar refractivity (Wildman–Crippen MR) is 115 cm³/mol. The summed E-state index contributed by atoms with van der Waals surface area (Å²) in [5, 5.41) is 0.208. The van der Waals surface area contributed by atoms with Gasteiger partial charge in [0.25, 0.3) is 5.91 Å². The number of rotatable bonds is 8. The fraction of sp³-hybridized carbons (Fsp3) is 0.381. The van der Waals surface area contributed by atoms with Crippen molar-refractivity contribution in [3.63, 3.8) is 0 Å². The van der Waals surface area contributed by atoms with E-state index in [0.29, 0.717) is 13.2 Å². The fourth-order valence-electron chi connectivity index (χ4n) is 2.68. The molecule has 0 atom stereocenters. The molecule has 8 heteroatoms. The first-order chi connectivity index (χ1) is 13.6. The first-order valence-electron chi connectivity index (χ1n) is 9.32. The Bertz CT molecular complexity index is 959. The Morgan fingerprint density at radius 3 is 2.28 bits per heavy atom. The van der Waals surface area contributed by atoms with Crippen LogP contribution >= 0.6 is 11.6 Å². The molecule has 0 saturated heterocycles. The summed E-state index contributed by atoms with van der Waals surface area (Å²) in [5.74, 6) is 0.411. The minimum atomic E-state index is -3.72. The summed E-state index contributed by atoms with van der Waals surface area (Å²) in [6.07, 6.45) is 0. The molecule has 0 radical (unpaired) electrons. The Morgan fingerprint density at radius 1 is 1.10 bits per heavy atom. The van der Waals surface area contributed by atoms with Crippen LogP contribution in [0, 0.1) is 0 Å². The van der Waals surface area contributed by atoms with Crippen LogP contribution in [0.3, 0.4) is 0 Å². The SMILES string of the molecule is CCOc1ccc(CN(C)C(=O)c2cc(S(=O)(=O)N(C)C(C)C)ccc2Cl)cc1. The molecule has 0 aliphatic heterocycles. The van der Waals surface area contributed by atoms with Gasteiger partial charge in [-0.25, -0.2) is 8.42 Å². The maximum atomic E-state index is 12.9. The van der Waals surface area contributed by atoms with Crippen molar-refractivity contribution in [1.82, 2.24) is 9.21 Å². The molecule has 6 nitrogen and oxygen atoms in total. The minimum Gasteiger partial charge on any atom is -0.494 e. The molecule has 29 heavy (non-hydrogen) atoms. The van der Waals surface area contributed by atoms with Gasteiger partial charge in [-0.15, -0.1) is 0 Å². The van der Waals surface area contributed by atoms with Crippen molar-refractivity contribution in [3.05, 3.63) is 58.6 Å². The predicted octanol–water partition coefficient (Wildman–Crippen LogP) is 4.04. The van der Waals surface area contributed by atoms with Crippen molar-refractivity contribution in [1.29, 1.82) is 0 Å². The summed E-state index contributed by atoms with van der Waals surface area (Å²) >= 11 is 6.21. The quantitative estimate of drug-likeness (QED) is 0.623. The monoisotopic (exact) mass is 438 g/mol. The molecule has 0 N–H and O–H groups in total. The van der Waals surface area contributed by atoms with Crippen LogP contribution in [-0.4, -0.2) is 50.3 Å². The van der Waals surface area contributed by atoms with Gasteiger partial charge >= 0.3 is 0 Å². The number of benzene rings is 2. The molecule has 0 bridgehead atoms. The van der Waals surface area contributed by atoms with Crippen molar-refractivity contribution in [2.45, 2.75) is 38.3 Å². The van der Waals surface area contributed by atoms with Gasteiger partial charge in [0, 0.05) is 26.7 Å². The van der Waals surface area contributed by atoms with Crippen LogP contribution in [-0.2, 0) is 16.6 Å². The van der Waals surface area contributed by atoms with Crippen LogP contribution in [0.15, 0.2) is 47.4 Å². The number of carbonyl (C=O) groups is 1. The number of halogens is 1. The average Bonchev–Trinajstić information content (AvgIpc) is 2.68. The number of hydrogen-bond acceptors (Lipinski definition) is 4. The third-order valence-electron chi connectivity index (χ3n) is 4.57. The minimum absolute atomic E-state index is 0.0379. The van der Waals surface area contributed by atoms with Gasteiger partial charge in [0.2, 0.25) is 10.0 Å². The molecule has 0 unspecified atom stereocenters. The molecule has 0 fully saturated rings. The number of hydrogen-bond donors (Lipinski definition) is 0. The zero-order valence-electron chi connectivity index (χ0n) is 17.3. The zero-order valence-corrected chi connectivity index (χ0v) is 18.9. The van der Waals surface area contributed by atoms with Crippen molar-refractivity contribution in [2.24, 2.45) is 0 Å². The highest BCUT2D eigenvalue weighted by Crippen LogP contribution is 2.25.